The molecule has 444 valence electrons. The Hall–Kier alpha value is -2.63. The Balaban J connectivity index is 4.06. The summed E-state index contributed by atoms with van der Waals surface area (Å²) in [6, 6.07) is 0. The second-order valence-corrected chi connectivity index (χ2v) is 22.7. The lowest BCUT2D eigenvalue weighted by molar-refractivity contribution is -0.167. The summed E-state index contributed by atoms with van der Waals surface area (Å²) in [4.78, 5) is 38.1. The molecule has 0 saturated heterocycles. The topological polar surface area (TPSA) is 78.9 Å². The highest BCUT2D eigenvalue weighted by Crippen LogP contribution is 2.18. The van der Waals surface area contributed by atoms with E-state index in [2.05, 4.69) is 69.4 Å². The van der Waals surface area contributed by atoms with Gasteiger partial charge < -0.3 is 14.2 Å². The Morgan fingerprint density at radius 2 is 0.513 bits per heavy atom. The molecular weight excluding hydrogens is 937 g/mol. The fourth-order valence-electron chi connectivity index (χ4n) is 10.1. The van der Waals surface area contributed by atoms with Gasteiger partial charge in [-0.15, -0.1) is 0 Å². The van der Waals surface area contributed by atoms with Gasteiger partial charge in [-0.3, -0.25) is 14.4 Å². The zero-order chi connectivity index (χ0) is 55.0. The van der Waals surface area contributed by atoms with E-state index in [1.54, 1.807) is 0 Å². The van der Waals surface area contributed by atoms with Gasteiger partial charge in [0.1, 0.15) is 13.2 Å². The average Bonchev–Trinajstić information content (AvgIpc) is 3.42. The van der Waals surface area contributed by atoms with E-state index in [0.29, 0.717) is 19.3 Å². The summed E-state index contributed by atoms with van der Waals surface area (Å²) in [6.45, 7) is 6.54. The molecule has 6 heteroatoms. The summed E-state index contributed by atoms with van der Waals surface area (Å²) >= 11 is 0. The van der Waals surface area contributed by atoms with Crippen molar-refractivity contribution in [2.24, 2.45) is 0 Å². The van der Waals surface area contributed by atoms with Gasteiger partial charge in [0, 0.05) is 19.3 Å². The molecule has 0 N–H and O–H groups in total. The molecule has 0 rings (SSSR count). The van der Waals surface area contributed by atoms with Crippen LogP contribution in [0.1, 0.15) is 361 Å². The minimum absolute atomic E-state index is 0.0687. The molecule has 0 saturated carbocycles. The van der Waals surface area contributed by atoms with Crippen LogP contribution in [0.4, 0.5) is 0 Å². The number of rotatable bonds is 62. The third-order valence-electron chi connectivity index (χ3n) is 15.1. The first-order valence-electron chi connectivity index (χ1n) is 33.6. The molecule has 0 amide bonds. The fraction of sp³-hybridized carbons (Fsp3) is 0.843. The second-order valence-electron chi connectivity index (χ2n) is 22.7. The number of hydrogen-bond donors (Lipinski definition) is 0. The van der Waals surface area contributed by atoms with Crippen molar-refractivity contribution in [2.75, 3.05) is 13.2 Å². The van der Waals surface area contributed by atoms with Crippen LogP contribution in [0.2, 0.25) is 0 Å². The Morgan fingerprint density at radius 1 is 0.276 bits per heavy atom. The zero-order valence-corrected chi connectivity index (χ0v) is 51.0. The molecule has 0 aliphatic heterocycles. The van der Waals surface area contributed by atoms with Gasteiger partial charge in [0.2, 0.25) is 0 Å². The molecule has 76 heavy (non-hydrogen) atoms. The van der Waals surface area contributed by atoms with Crippen molar-refractivity contribution in [3.8, 4) is 0 Å². The van der Waals surface area contributed by atoms with Crippen LogP contribution in [-0.2, 0) is 28.6 Å². The SMILES string of the molecule is CC/C=C\C/C=C\C/C=C\C/C=C\CCCCCCCCCCCCCCC(=O)OC(COC(=O)CCCCCCCCC)COC(=O)CCCCCCCCCCCCCCCCCCCCCCCCCCCC. The van der Waals surface area contributed by atoms with Gasteiger partial charge in [-0.2, -0.15) is 0 Å². The van der Waals surface area contributed by atoms with E-state index in [1.165, 1.54) is 238 Å². The van der Waals surface area contributed by atoms with Crippen LogP contribution in [-0.4, -0.2) is 37.2 Å². The molecule has 1 unspecified atom stereocenters. The van der Waals surface area contributed by atoms with Crippen molar-refractivity contribution in [1.29, 1.82) is 0 Å². The number of carbonyl (C=O) groups excluding carboxylic acids is 3. The third kappa shape index (κ3) is 62.2. The highest BCUT2D eigenvalue weighted by atomic mass is 16.6. The van der Waals surface area contributed by atoms with E-state index < -0.39 is 6.10 Å². The lowest BCUT2D eigenvalue weighted by Gasteiger charge is -2.18. The highest BCUT2D eigenvalue weighted by Gasteiger charge is 2.19. The van der Waals surface area contributed by atoms with Crippen LogP contribution >= 0.6 is 0 Å². The Bertz CT molecular complexity index is 1310. The van der Waals surface area contributed by atoms with Crippen LogP contribution in [0.5, 0.6) is 0 Å². The van der Waals surface area contributed by atoms with Crippen LogP contribution in [0, 0.1) is 0 Å². The van der Waals surface area contributed by atoms with E-state index in [1.807, 2.05) is 0 Å². The first-order chi connectivity index (χ1) is 37.5. The van der Waals surface area contributed by atoms with E-state index in [4.69, 9.17) is 14.2 Å². The van der Waals surface area contributed by atoms with E-state index >= 15 is 0 Å². The molecule has 0 aromatic heterocycles. The van der Waals surface area contributed by atoms with Gasteiger partial charge in [0.25, 0.3) is 0 Å². The first-order valence-corrected chi connectivity index (χ1v) is 33.6. The molecule has 0 radical (unpaired) electrons. The lowest BCUT2D eigenvalue weighted by atomic mass is 10.0. The second kappa shape index (κ2) is 64.9. The maximum atomic E-state index is 12.9. The molecular formula is C70H128O6. The quantitative estimate of drug-likeness (QED) is 0.0261. The van der Waals surface area contributed by atoms with Crippen molar-refractivity contribution >= 4 is 17.9 Å². The predicted molar refractivity (Wildman–Crippen MR) is 330 cm³/mol. The summed E-state index contributed by atoms with van der Waals surface area (Å²) in [7, 11) is 0. The van der Waals surface area contributed by atoms with Gasteiger partial charge in [0.15, 0.2) is 6.10 Å². The Labute approximate surface area is 473 Å². The van der Waals surface area contributed by atoms with Crippen LogP contribution in [0.3, 0.4) is 0 Å². The number of unbranched alkanes of at least 4 members (excludes halogenated alkanes) is 43. The van der Waals surface area contributed by atoms with Crippen LogP contribution in [0.25, 0.3) is 0 Å². The molecule has 1 atom stereocenters. The number of hydrogen-bond acceptors (Lipinski definition) is 6. The maximum absolute atomic E-state index is 12.9. The Kier molecular flexibility index (Phi) is 62.6. The van der Waals surface area contributed by atoms with Gasteiger partial charge in [-0.05, 0) is 57.8 Å². The van der Waals surface area contributed by atoms with Crippen molar-refractivity contribution in [1.82, 2.24) is 0 Å². The number of ether oxygens (including phenoxy) is 3. The number of carbonyl (C=O) groups is 3. The summed E-state index contributed by atoms with van der Waals surface area (Å²) < 4.78 is 16.9. The van der Waals surface area contributed by atoms with Crippen LogP contribution < -0.4 is 0 Å². The molecule has 0 bridgehead atoms. The van der Waals surface area contributed by atoms with Crippen molar-refractivity contribution in [3.05, 3.63) is 48.6 Å². The number of esters is 3. The van der Waals surface area contributed by atoms with Crippen molar-refractivity contribution in [2.45, 2.75) is 367 Å². The Morgan fingerprint density at radius 3 is 0.803 bits per heavy atom. The minimum atomic E-state index is -0.770. The molecule has 0 aromatic rings. The minimum Gasteiger partial charge on any atom is -0.462 e. The molecule has 0 spiro atoms. The maximum Gasteiger partial charge on any atom is 0.306 e. The van der Waals surface area contributed by atoms with Crippen LogP contribution in [0.15, 0.2) is 48.6 Å². The van der Waals surface area contributed by atoms with Gasteiger partial charge >= 0.3 is 17.9 Å². The smallest absolute Gasteiger partial charge is 0.306 e. The fourth-order valence-corrected chi connectivity index (χ4v) is 10.1. The van der Waals surface area contributed by atoms with Crippen molar-refractivity contribution < 1.29 is 28.6 Å². The molecule has 6 nitrogen and oxygen atoms in total. The molecule has 0 heterocycles. The molecule has 0 aliphatic rings. The zero-order valence-electron chi connectivity index (χ0n) is 51.0. The molecule has 0 aromatic carbocycles. The van der Waals surface area contributed by atoms with E-state index in [9.17, 15) is 14.4 Å². The average molecular weight is 1070 g/mol. The lowest BCUT2D eigenvalue weighted by Crippen LogP contribution is -2.30. The predicted octanol–water partition coefficient (Wildman–Crippen LogP) is 22.9. The van der Waals surface area contributed by atoms with Gasteiger partial charge in [0.05, 0.1) is 0 Å². The molecule has 0 fully saturated rings. The first kappa shape index (κ1) is 73.4. The molecule has 0 aliphatic carbocycles. The monoisotopic (exact) mass is 1060 g/mol. The standard InChI is InChI=1S/C70H128O6/c1-4-7-10-13-16-18-20-22-24-26-28-30-32-34-36-37-39-41-43-45-47-49-51-54-57-60-63-69(72)75-66-67(65-74-68(71)62-59-56-53-15-12-9-6-3)76-70(73)64-61-58-55-52-50-48-46-44-42-40-38-35-33-31-29-27-25-23-21-19-17-14-11-8-5-2/h8,11,17,19,23,25,29,31,67H,4-7,9-10,12-16,18,20-22,24,26-28,30,32-66H2,1-3H3/b11-8-,19-17-,25-23-,31-29-. The van der Waals surface area contributed by atoms with E-state index in [0.717, 1.165) is 83.5 Å². The normalized spacial score (nSPS) is 12.3. The summed E-state index contributed by atoms with van der Waals surface area (Å²) in [5.74, 6) is -0.855. The van der Waals surface area contributed by atoms with Gasteiger partial charge in [-0.1, -0.05) is 333 Å². The van der Waals surface area contributed by atoms with Crippen molar-refractivity contribution in [3.63, 3.8) is 0 Å². The largest absolute Gasteiger partial charge is 0.462 e. The summed E-state index contributed by atoms with van der Waals surface area (Å²) in [5, 5.41) is 0. The van der Waals surface area contributed by atoms with E-state index in [-0.39, 0.29) is 31.1 Å². The summed E-state index contributed by atoms with van der Waals surface area (Å²) in [6.07, 6.45) is 81.6. The summed E-state index contributed by atoms with van der Waals surface area (Å²) in [5.41, 5.74) is 0. The van der Waals surface area contributed by atoms with Gasteiger partial charge in [-0.25, -0.2) is 0 Å². The number of allylic oxidation sites excluding steroid dienone is 8. The highest BCUT2D eigenvalue weighted by molar-refractivity contribution is 5.71. The third-order valence-corrected chi connectivity index (χ3v) is 15.1.